The number of fused-ring (bicyclic) bond motifs is 3. The molecule has 120 valence electrons. The number of aliphatic hydroxyl groups excluding tert-OH is 2. The van der Waals surface area contributed by atoms with Crippen molar-refractivity contribution in [2.75, 3.05) is 6.54 Å². The molecule has 1 amide bonds. The summed E-state index contributed by atoms with van der Waals surface area (Å²) in [4.78, 5) is 10.9. The first-order chi connectivity index (χ1) is 11.1. The van der Waals surface area contributed by atoms with Gasteiger partial charge in [-0.3, -0.25) is 4.79 Å². The van der Waals surface area contributed by atoms with Crippen LogP contribution in [0.15, 0.2) is 46.9 Å². The summed E-state index contributed by atoms with van der Waals surface area (Å²) in [5.74, 6) is -0.161. The van der Waals surface area contributed by atoms with Crippen molar-refractivity contribution in [3.05, 3.63) is 48.0 Å². The largest absolute Gasteiger partial charge is 0.456 e. The number of benzene rings is 2. The van der Waals surface area contributed by atoms with E-state index in [4.69, 9.17) is 4.42 Å². The van der Waals surface area contributed by atoms with E-state index in [1.807, 2.05) is 36.4 Å². The molecule has 3 aromatic rings. The molecule has 0 fully saturated rings. The molecule has 0 spiro atoms. The number of nitrogens with one attached hydrogen (secondary N) is 1. The Hall–Kier alpha value is -2.37. The van der Waals surface area contributed by atoms with Gasteiger partial charge in [-0.15, -0.1) is 0 Å². The normalized spacial score (nSPS) is 14.0. The number of rotatable bonds is 5. The number of hydrogen-bond acceptors (Lipinski definition) is 4. The second-order valence-corrected chi connectivity index (χ2v) is 5.61. The van der Waals surface area contributed by atoms with E-state index in [1.54, 1.807) is 6.07 Å². The summed E-state index contributed by atoms with van der Waals surface area (Å²) in [6.07, 6.45) is -1.80. The molecule has 0 saturated carbocycles. The van der Waals surface area contributed by atoms with E-state index >= 15 is 0 Å². The highest BCUT2D eigenvalue weighted by Gasteiger charge is 2.22. The van der Waals surface area contributed by atoms with Crippen molar-refractivity contribution < 1.29 is 19.4 Å². The predicted octanol–water partition coefficient (Wildman–Crippen LogP) is 2.51. The lowest BCUT2D eigenvalue weighted by molar-refractivity contribution is -0.119. The Morgan fingerprint density at radius 1 is 1.13 bits per heavy atom. The van der Waals surface area contributed by atoms with Crippen LogP contribution in [0, 0.1) is 0 Å². The molecule has 0 aliphatic heterocycles. The van der Waals surface area contributed by atoms with Gasteiger partial charge in [0.05, 0.1) is 6.10 Å². The second-order valence-electron chi connectivity index (χ2n) is 5.61. The van der Waals surface area contributed by atoms with Gasteiger partial charge in [-0.2, -0.15) is 0 Å². The highest BCUT2D eigenvalue weighted by atomic mass is 16.3. The number of furan rings is 1. The van der Waals surface area contributed by atoms with Crippen molar-refractivity contribution in [2.24, 2.45) is 0 Å². The van der Waals surface area contributed by atoms with Gasteiger partial charge in [0.25, 0.3) is 0 Å². The van der Waals surface area contributed by atoms with Crippen molar-refractivity contribution in [1.82, 2.24) is 5.32 Å². The van der Waals surface area contributed by atoms with Gasteiger partial charge in [0.1, 0.15) is 17.3 Å². The fraction of sp³-hybridized carbons (Fsp3) is 0.278. The Labute approximate surface area is 133 Å². The van der Waals surface area contributed by atoms with Crippen molar-refractivity contribution in [3.8, 4) is 0 Å². The maximum atomic E-state index is 10.9. The minimum atomic E-state index is -1.08. The molecule has 3 rings (SSSR count). The molecule has 5 nitrogen and oxygen atoms in total. The molecule has 1 heterocycles. The van der Waals surface area contributed by atoms with E-state index in [-0.39, 0.29) is 12.3 Å². The van der Waals surface area contributed by atoms with E-state index in [2.05, 4.69) is 5.32 Å². The van der Waals surface area contributed by atoms with E-state index < -0.39 is 12.2 Å². The maximum absolute atomic E-state index is 10.9. The zero-order valence-electron chi connectivity index (χ0n) is 12.8. The molecule has 23 heavy (non-hydrogen) atoms. The molecule has 0 saturated heterocycles. The fourth-order valence-corrected chi connectivity index (χ4v) is 2.76. The molecule has 1 aromatic heterocycles. The summed E-state index contributed by atoms with van der Waals surface area (Å²) in [6.45, 7) is 1.72. The first-order valence-corrected chi connectivity index (χ1v) is 7.58. The molecule has 0 aliphatic rings. The van der Waals surface area contributed by atoms with E-state index in [9.17, 15) is 15.0 Å². The predicted molar refractivity (Wildman–Crippen MR) is 88.0 cm³/mol. The lowest BCUT2D eigenvalue weighted by Crippen LogP contribution is -2.27. The van der Waals surface area contributed by atoms with Crippen molar-refractivity contribution in [3.63, 3.8) is 0 Å². The van der Waals surface area contributed by atoms with Gasteiger partial charge in [-0.1, -0.05) is 36.4 Å². The second kappa shape index (κ2) is 6.40. The van der Waals surface area contributed by atoms with E-state index in [0.717, 1.165) is 16.4 Å². The molecular formula is C18H19NO4. The van der Waals surface area contributed by atoms with Crippen LogP contribution in [-0.2, 0) is 4.79 Å². The Morgan fingerprint density at radius 3 is 2.65 bits per heavy atom. The number of hydrogen-bond donors (Lipinski definition) is 3. The van der Waals surface area contributed by atoms with Crippen LogP contribution in [0.3, 0.4) is 0 Å². The van der Waals surface area contributed by atoms with Crippen LogP contribution in [0.5, 0.6) is 0 Å². The Morgan fingerprint density at radius 2 is 1.87 bits per heavy atom. The number of amides is 1. The van der Waals surface area contributed by atoms with Gasteiger partial charge >= 0.3 is 0 Å². The Kier molecular flexibility index (Phi) is 4.32. The first-order valence-electron chi connectivity index (χ1n) is 7.58. The molecular weight excluding hydrogens is 294 g/mol. The quantitative estimate of drug-likeness (QED) is 0.676. The zero-order valence-corrected chi connectivity index (χ0v) is 12.8. The van der Waals surface area contributed by atoms with Gasteiger partial charge in [-0.25, -0.2) is 0 Å². The molecule has 2 unspecified atom stereocenters. The summed E-state index contributed by atoms with van der Waals surface area (Å²) in [6, 6.07) is 13.2. The van der Waals surface area contributed by atoms with Gasteiger partial charge in [0.2, 0.25) is 5.91 Å². The highest BCUT2D eigenvalue weighted by Crippen LogP contribution is 2.34. The molecule has 0 radical (unpaired) electrons. The van der Waals surface area contributed by atoms with Crippen LogP contribution in [0.4, 0.5) is 0 Å². The van der Waals surface area contributed by atoms with Gasteiger partial charge in [0, 0.05) is 29.8 Å². The number of carbonyl (C=O) groups is 1. The molecule has 2 aromatic carbocycles. The van der Waals surface area contributed by atoms with Crippen LogP contribution in [-0.4, -0.2) is 28.8 Å². The van der Waals surface area contributed by atoms with Crippen LogP contribution in [0.2, 0.25) is 0 Å². The smallest absolute Gasteiger partial charge is 0.216 e. The average Bonchev–Trinajstić information content (AvgIpc) is 2.92. The first kappa shape index (κ1) is 15.5. The fourth-order valence-electron chi connectivity index (χ4n) is 2.76. The number of aliphatic hydroxyl groups is 2. The van der Waals surface area contributed by atoms with Crippen LogP contribution < -0.4 is 5.32 Å². The van der Waals surface area contributed by atoms with Crippen molar-refractivity contribution in [2.45, 2.75) is 25.6 Å². The average molecular weight is 313 g/mol. The molecule has 2 atom stereocenters. The van der Waals surface area contributed by atoms with Gasteiger partial charge < -0.3 is 19.9 Å². The molecule has 0 bridgehead atoms. The summed E-state index contributed by atoms with van der Waals surface area (Å²) >= 11 is 0. The maximum Gasteiger partial charge on any atom is 0.216 e. The number of carbonyl (C=O) groups excluding carboxylic acids is 1. The summed E-state index contributed by atoms with van der Waals surface area (Å²) < 4.78 is 5.86. The van der Waals surface area contributed by atoms with Crippen LogP contribution >= 0.6 is 0 Å². The standard InChI is InChI=1S/C18H19NO4/c1-11(20)19-10-9-15(21)17(22)14-7-4-6-13-12-5-2-3-8-16(12)23-18(13)14/h2-8,15,17,21-22H,9-10H2,1H3,(H,19,20). The Bertz CT molecular complexity index is 839. The molecule has 5 heteroatoms. The lowest BCUT2D eigenvalue weighted by Gasteiger charge is -2.18. The van der Waals surface area contributed by atoms with Gasteiger partial charge in [0.15, 0.2) is 0 Å². The molecule has 3 N–H and O–H groups in total. The number of para-hydroxylation sites is 2. The van der Waals surface area contributed by atoms with Crippen LogP contribution in [0.25, 0.3) is 21.9 Å². The van der Waals surface area contributed by atoms with Crippen LogP contribution in [0.1, 0.15) is 25.0 Å². The topological polar surface area (TPSA) is 82.7 Å². The monoisotopic (exact) mass is 313 g/mol. The third-order valence-corrected chi connectivity index (χ3v) is 3.93. The third-order valence-electron chi connectivity index (χ3n) is 3.93. The van der Waals surface area contributed by atoms with E-state index in [1.165, 1.54) is 6.92 Å². The van der Waals surface area contributed by atoms with Crippen molar-refractivity contribution >= 4 is 27.8 Å². The zero-order chi connectivity index (χ0) is 16.4. The summed E-state index contributed by atoms with van der Waals surface area (Å²) in [5, 5.41) is 25.1. The Balaban J connectivity index is 1.91. The highest BCUT2D eigenvalue weighted by molar-refractivity contribution is 6.05. The van der Waals surface area contributed by atoms with Crippen molar-refractivity contribution in [1.29, 1.82) is 0 Å². The SMILES string of the molecule is CC(=O)NCCC(O)C(O)c1cccc2c1oc1ccccc12. The third kappa shape index (κ3) is 3.06. The summed E-state index contributed by atoms with van der Waals surface area (Å²) in [5.41, 5.74) is 1.88. The molecule has 0 aliphatic carbocycles. The minimum absolute atomic E-state index is 0.161. The summed E-state index contributed by atoms with van der Waals surface area (Å²) in [7, 11) is 0. The van der Waals surface area contributed by atoms with Gasteiger partial charge in [-0.05, 0) is 12.5 Å². The van der Waals surface area contributed by atoms with E-state index in [0.29, 0.717) is 17.7 Å². The minimum Gasteiger partial charge on any atom is -0.456 e. The lowest BCUT2D eigenvalue weighted by atomic mass is 9.99.